The number of thiazole rings is 1. The Balaban J connectivity index is 2.29. The predicted octanol–water partition coefficient (Wildman–Crippen LogP) is 4.31. The number of benzene rings is 1. The van der Waals surface area contributed by atoms with Gasteiger partial charge in [-0.25, -0.2) is 4.98 Å². The summed E-state index contributed by atoms with van der Waals surface area (Å²) in [6.07, 6.45) is 0. The van der Waals surface area contributed by atoms with E-state index >= 15 is 0 Å². The van der Waals surface area contributed by atoms with Gasteiger partial charge in [0.05, 0.1) is 12.8 Å². The molecule has 0 aliphatic rings. The molecule has 6 heteroatoms. The molecule has 0 saturated heterocycles. The first kappa shape index (κ1) is 11.7. The van der Waals surface area contributed by atoms with Crippen LogP contribution in [0.1, 0.15) is 0 Å². The lowest BCUT2D eigenvalue weighted by atomic mass is 10.3. The van der Waals surface area contributed by atoms with E-state index in [0.29, 0.717) is 5.02 Å². The zero-order chi connectivity index (χ0) is 11.5. The maximum absolute atomic E-state index is 5.92. The zero-order valence-electron chi connectivity index (χ0n) is 8.33. The lowest BCUT2D eigenvalue weighted by Gasteiger charge is -2.08. The van der Waals surface area contributed by atoms with E-state index in [1.165, 1.54) is 11.3 Å². The number of hydrogen-bond donors (Lipinski definition) is 1. The van der Waals surface area contributed by atoms with E-state index in [9.17, 15) is 0 Å². The summed E-state index contributed by atoms with van der Waals surface area (Å²) in [6.45, 7) is 0. The van der Waals surface area contributed by atoms with Crippen molar-refractivity contribution in [2.45, 2.75) is 0 Å². The highest BCUT2D eigenvalue weighted by Crippen LogP contribution is 2.32. The van der Waals surface area contributed by atoms with Gasteiger partial charge in [0.2, 0.25) is 0 Å². The van der Waals surface area contributed by atoms with Gasteiger partial charge in [-0.05, 0) is 34.1 Å². The molecule has 1 aromatic heterocycles. The Morgan fingerprint density at radius 1 is 1.50 bits per heavy atom. The van der Waals surface area contributed by atoms with Crippen molar-refractivity contribution in [2.75, 3.05) is 12.4 Å². The number of halogens is 2. The number of hydrogen-bond acceptors (Lipinski definition) is 4. The summed E-state index contributed by atoms with van der Waals surface area (Å²) >= 11 is 10.7. The third-order valence-electron chi connectivity index (χ3n) is 1.88. The molecule has 0 bridgehead atoms. The smallest absolute Gasteiger partial charge is 0.188 e. The second kappa shape index (κ2) is 5.03. The molecule has 2 aromatic rings. The van der Waals surface area contributed by atoms with Crippen molar-refractivity contribution < 1.29 is 4.74 Å². The van der Waals surface area contributed by atoms with Crippen LogP contribution in [0.4, 0.5) is 10.8 Å². The monoisotopic (exact) mass is 318 g/mol. The summed E-state index contributed by atoms with van der Waals surface area (Å²) in [5.74, 6) is 0.732. The average molecular weight is 320 g/mol. The largest absolute Gasteiger partial charge is 0.495 e. The highest BCUT2D eigenvalue weighted by Gasteiger charge is 2.06. The number of anilines is 2. The Morgan fingerprint density at radius 3 is 2.94 bits per heavy atom. The fourth-order valence-corrected chi connectivity index (χ4v) is 2.53. The van der Waals surface area contributed by atoms with E-state index in [-0.39, 0.29) is 0 Å². The first-order chi connectivity index (χ1) is 7.69. The summed E-state index contributed by atoms with van der Waals surface area (Å²) in [5.41, 5.74) is 0.803. The van der Waals surface area contributed by atoms with Gasteiger partial charge < -0.3 is 10.1 Å². The van der Waals surface area contributed by atoms with Crippen LogP contribution in [0.15, 0.2) is 28.2 Å². The van der Waals surface area contributed by atoms with Crippen LogP contribution in [0.5, 0.6) is 5.75 Å². The normalized spacial score (nSPS) is 10.2. The molecule has 1 N–H and O–H groups in total. The number of nitrogens with zero attached hydrogens (tertiary/aromatic N) is 1. The van der Waals surface area contributed by atoms with Crippen LogP contribution in [-0.2, 0) is 0 Å². The Bertz CT molecular complexity index is 503. The van der Waals surface area contributed by atoms with E-state index in [2.05, 4.69) is 26.2 Å². The molecular weight excluding hydrogens is 312 g/mol. The molecule has 84 valence electrons. The fourth-order valence-electron chi connectivity index (χ4n) is 1.20. The fraction of sp³-hybridized carbons (Fsp3) is 0.100. The van der Waals surface area contributed by atoms with E-state index in [1.807, 2.05) is 11.4 Å². The number of rotatable bonds is 3. The van der Waals surface area contributed by atoms with Crippen LogP contribution < -0.4 is 10.1 Å². The Labute approximate surface area is 111 Å². The minimum absolute atomic E-state index is 0.652. The quantitative estimate of drug-likeness (QED) is 0.915. The van der Waals surface area contributed by atoms with Gasteiger partial charge in [-0.15, -0.1) is 11.3 Å². The molecule has 0 atom stereocenters. The van der Waals surface area contributed by atoms with E-state index in [0.717, 1.165) is 21.2 Å². The lowest BCUT2D eigenvalue weighted by molar-refractivity contribution is 0.417. The summed E-state index contributed by atoms with van der Waals surface area (Å²) in [7, 11) is 1.62. The molecule has 1 aromatic carbocycles. The molecule has 0 saturated carbocycles. The molecule has 3 nitrogen and oxygen atoms in total. The van der Waals surface area contributed by atoms with Gasteiger partial charge in [0.1, 0.15) is 10.4 Å². The first-order valence-electron chi connectivity index (χ1n) is 4.40. The van der Waals surface area contributed by atoms with Gasteiger partial charge in [0, 0.05) is 10.4 Å². The van der Waals surface area contributed by atoms with Crippen molar-refractivity contribution in [3.63, 3.8) is 0 Å². The third-order valence-corrected chi connectivity index (χ3v) is 3.58. The highest BCUT2D eigenvalue weighted by atomic mass is 79.9. The van der Waals surface area contributed by atoms with Crippen molar-refractivity contribution in [1.29, 1.82) is 0 Å². The number of aromatic nitrogens is 1. The highest BCUT2D eigenvalue weighted by molar-refractivity contribution is 9.10. The minimum atomic E-state index is 0.652. The molecule has 2 rings (SSSR count). The number of ether oxygens (including phenoxy) is 1. The standard InChI is InChI=1S/C10H8BrClN2OS/c1-15-8-3-2-6(12)4-7(8)13-10-14-9(11)5-16-10/h2-5H,1H3,(H,13,14). The van der Waals surface area contributed by atoms with Crippen LogP contribution in [0.25, 0.3) is 0 Å². The first-order valence-corrected chi connectivity index (χ1v) is 6.45. The van der Waals surface area contributed by atoms with Gasteiger partial charge in [0.15, 0.2) is 5.13 Å². The summed E-state index contributed by atoms with van der Waals surface area (Å²) < 4.78 is 6.03. The second-order valence-electron chi connectivity index (χ2n) is 2.94. The van der Waals surface area contributed by atoms with Gasteiger partial charge in [-0.1, -0.05) is 11.6 Å². The average Bonchev–Trinajstić information content (AvgIpc) is 2.64. The SMILES string of the molecule is COc1ccc(Cl)cc1Nc1nc(Br)cs1. The summed E-state index contributed by atoms with van der Waals surface area (Å²) in [6, 6.07) is 5.40. The molecule has 0 aliphatic heterocycles. The maximum atomic E-state index is 5.92. The zero-order valence-corrected chi connectivity index (χ0v) is 11.5. The van der Waals surface area contributed by atoms with Gasteiger partial charge in [-0.2, -0.15) is 0 Å². The summed E-state index contributed by atoms with van der Waals surface area (Å²) in [4.78, 5) is 4.24. The van der Waals surface area contributed by atoms with Gasteiger partial charge in [-0.3, -0.25) is 0 Å². The molecule has 1 heterocycles. The molecule has 0 spiro atoms. The van der Waals surface area contributed by atoms with E-state index < -0.39 is 0 Å². The molecule has 16 heavy (non-hydrogen) atoms. The van der Waals surface area contributed by atoms with E-state index in [4.69, 9.17) is 16.3 Å². The van der Waals surface area contributed by atoms with Crippen molar-refractivity contribution >= 4 is 49.7 Å². The Hall–Kier alpha value is -0.780. The van der Waals surface area contributed by atoms with Crippen LogP contribution in [-0.4, -0.2) is 12.1 Å². The predicted molar refractivity (Wildman–Crippen MR) is 71.1 cm³/mol. The van der Waals surface area contributed by atoms with E-state index in [1.54, 1.807) is 19.2 Å². The molecule has 0 aliphatic carbocycles. The molecular formula is C10H8BrClN2OS. The molecule has 0 amide bonds. The van der Waals surface area contributed by atoms with Crippen molar-refractivity contribution in [2.24, 2.45) is 0 Å². The van der Waals surface area contributed by atoms with Crippen molar-refractivity contribution in [3.8, 4) is 5.75 Å². The minimum Gasteiger partial charge on any atom is -0.495 e. The topological polar surface area (TPSA) is 34.1 Å². The van der Waals surface area contributed by atoms with Gasteiger partial charge >= 0.3 is 0 Å². The van der Waals surface area contributed by atoms with Crippen molar-refractivity contribution in [1.82, 2.24) is 4.98 Å². The van der Waals surface area contributed by atoms with Crippen LogP contribution in [0.2, 0.25) is 5.02 Å². The van der Waals surface area contributed by atoms with Crippen LogP contribution >= 0.6 is 38.9 Å². The number of nitrogens with one attached hydrogen (secondary N) is 1. The molecule has 0 fully saturated rings. The second-order valence-corrected chi connectivity index (χ2v) is 5.05. The molecule has 0 radical (unpaired) electrons. The van der Waals surface area contributed by atoms with Gasteiger partial charge in [0.25, 0.3) is 0 Å². The third kappa shape index (κ3) is 2.66. The molecule has 0 unspecified atom stereocenters. The Morgan fingerprint density at radius 2 is 2.31 bits per heavy atom. The number of methoxy groups -OCH3 is 1. The van der Waals surface area contributed by atoms with Crippen molar-refractivity contribution in [3.05, 3.63) is 33.2 Å². The summed E-state index contributed by atoms with van der Waals surface area (Å²) in [5, 5.41) is 6.49. The maximum Gasteiger partial charge on any atom is 0.188 e. The lowest BCUT2D eigenvalue weighted by Crippen LogP contribution is -1.93. The Kier molecular flexibility index (Phi) is 3.68. The van der Waals surface area contributed by atoms with Crippen LogP contribution in [0.3, 0.4) is 0 Å². The van der Waals surface area contributed by atoms with Crippen LogP contribution in [0, 0.1) is 0 Å².